The molecule has 0 bridgehead atoms. The lowest BCUT2D eigenvalue weighted by atomic mass is 10.1. The van der Waals surface area contributed by atoms with Gasteiger partial charge < -0.3 is 5.32 Å². The summed E-state index contributed by atoms with van der Waals surface area (Å²) in [6.45, 7) is 4.97. The second kappa shape index (κ2) is 6.85. The maximum absolute atomic E-state index is 13.5. The second-order valence-electron chi connectivity index (χ2n) is 4.83. The van der Waals surface area contributed by atoms with Crippen LogP contribution in [0.4, 0.5) is 8.78 Å². The van der Waals surface area contributed by atoms with Crippen molar-refractivity contribution in [1.29, 1.82) is 0 Å². The molecule has 3 nitrogen and oxygen atoms in total. The molecule has 0 radical (unpaired) electrons. The molecule has 0 aliphatic rings. The number of nitrogens with one attached hydrogen (secondary N) is 1. The first-order chi connectivity index (χ1) is 9.56. The van der Waals surface area contributed by atoms with Gasteiger partial charge in [-0.3, -0.25) is 0 Å². The zero-order valence-corrected chi connectivity index (χ0v) is 12.3. The van der Waals surface area contributed by atoms with Crippen molar-refractivity contribution in [2.45, 2.75) is 32.7 Å². The zero-order valence-electron chi connectivity index (χ0n) is 11.5. The lowest BCUT2D eigenvalue weighted by Crippen LogP contribution is -2.24. The molecule has 1 N–H and O–H groups in total. The van der Waals surface area contributed by atoms with E-state index in [-0.39, 0.29) is 12.0 Å². The van der Waals surface area contributed by atoms with Gasteiger partial charge in [-0.1, -0.05) is 19.9 Å². The van der Waals surface area contributed by atoms with E-state index in [9.17, 15) is 8.78 Å². The van der Waals surface area contributed by atoms with E-state index < -0.39 is 11.6 Å². The molecule has 0 saturated carbocycles. The van der Waals surface area contributed by atoms with E-state index in [1.165, 1.54) is 29.5 Å². The predicted octanol–water partition coefficient (Wildman–Crippen LogP) is 2.95. The molecule has 2 aromatic rings. The monoisotopic (exact) mass is 297 g/mol. The van der Waals surface area contributed by atoms with Crippen LogP contribution in [0.3, 0.4) is 0 Å². The lowest BCUT2D eigenvalue weighted by Gasteiger charge is -2.05. The summed E-state index contributed by atoms with van der Waals surface area (Å²) < 4.78 is 27.1. The highest BCUT2D eigenvalue weighted by Gasteiger charge is 2.12. The van der Waals surface area contributed by atoms with Gasteiger partial charge >= 0.3 is 0 Å². The van der Waals surface area contributed by atoms with E-state index >= 15 is 0 Å². The van der Waals surface area contributed by atoms with Gasteiger partial charge in [0.1, 0.15) is 21.6 Å². The fourth-order valence-electron chi connectivity index (χ4n) is 1.78. The molecule has 0 atom stereocenters. The topological polar surface area (TPSA) is 37.8 Å². The summed E-state index contributed by atoms with van der Waals surface area (Å²) in [6, 6.07) is 4.30. The summed E-state index contributed by atoms with van der Waals surface area (Å²) in [7, 11) is 0. The van der Waals surface area contributed by atoms with Gasteiger partial charge in [-0.2, -0.15) is 0 Å². The lowest BCUT2D eigenvalue weighted by molar-refractivity contribution is 0.561. The minimum absolute atomic E-state index is 0.0514. The van der Waals surface area contributed by atoms with Gasteiger partial charge in [0.25, 0.3) is 0 Å². The molecular weight excluding hydrogens is 280 g/mol. The van der Waals surface area contributed by atoms with E-state index in [1.807, 2.05) is 0 Å². The number of halogens is 2. The molecule has 1 heterocycles. The fourth-order valence-corrected chi connectivity index (χ4v) is 2.64. The number of aromatic nitrogens is 2. The van der Waals surface area contributed by atoms with Crippen LogP contribution in [0.5, 0.6) is 0 Å². The number of hydrogen-bond acceptors (Lipinski definition) is 4. The summed E-state index contributed by atoms with van der Waals surface area (Å²) in [6.07, 6.45) is 0.920. The molecule has 108 valence electrons. The number of hydrogen-bond donors (Lipinski definition) is 1. The molecule has 0 unspecified atom stereocenters. The zero-order chi connectivity index (χ0) is 14.5. The molecule has 0 spiro atoms. The standard InChI is InChI=1S/C14H17F2N3S/c1-9(2)17-7-6-13-18-19-14(20-13)8-10-11(15)4-3-5-12(10)16/h3-5,9,17H,6-8H2,1-2H3. The third-order valence-electron chi connectivity index (χ3n) is 2.79. The Morgan fingerprint density at radius 3 is 2.45 bits per heavy atom. The Bertz CT molecular complexity index is 549. The molecule has 2 rings (SSSR count). The van der Waals surface area contributed by atoms with Crippen molar-refractivity contribution >= 4 is 11.3 Å². The van der Waals surface area contributed by atoms with Crippen LogP contribution in [0.25, 0.3) is 0 Å². The first-order valence-electron chi connectivity index (χ1n) is 6.54. The van der Waals surface area contributed by atoms with Crippen LogP contribution in [0.2, 0.25) is 0 Å². The van der Waals surface area contributed by atoms with Crippen molar-refractivity contribution in [3.8, 4) is 0 Å². The van der Waals surface area contributed by atoms with Crippen molar-refractivity contribution in [2.24, 2.45) is 0 Å². The summed E-state index contributed by atoms with van der Waals surface area (Å²) in [5, 5.41) is 12.9. The van der Waals surface area contributed by atoms with E-state index in [0.29, 0.717) is 11.0 Å². The highest BCUT2D eigenvalue weighted by Crippen LogP contribution is 2.19. The van der Waals surface area contributed by atoms with Gasteiger partial charge in [-0.25, -0.2) is 8.78 Å². The maximum atomic E-state index is 13.5. The SMILES string of the molecule is CC(C)NCCc1nnc(Cc2c(F)cccc2F)s1. The van der Waals surface area contributed by atoms with Crippen LogP contribution in [0.15, 0.2) is 18.2 Å². The Labute approximate surface area is 121 Å². The summed E-state index contributed by atoms with van der Waals surface area (Å²) in [5.41, 5.74) is 0.0514. The minimum Gasteiger partial charge on any atom is -0.314 e. The van der Waals surface area contributed by atoms with Crippen LogP contribution in [-0.2, 0) is 12.8 Å². The molecule has 6 heteroatoms. The predicted molar refractivity (Wildman–Crippen MR) is 75.9 cm³/mol. The first-order valence-corrected chi connectivity index (χ1v) is 7.35. The highest BCUT2D eigenvalue weighted by molar-refractivity contribution is 7.11. The number of nitrogens with zero attached hydrogens (tertiary/aromatic N) is 2. The van der Waals surface area contributed by atoms with Gasteiger partial charge in [0.05, 0.1) is 0 Å². The maximum Gasteiger partial charge on any atom is 0.129 e. The molecule has 0 aliphatic carbocycles. The number of rotatable bonds is 6. The van der Waals surface area contributed by atoms with Crippen LogP contribution in [0, 0.1) is 11.6 Å². The molecule has 1 aromatic heterocycles. The molecule has 0 aliphatic heterocycles. The van der Waals surface area contributed by atoms with Crippen LogP contribution in [0.1, 0.15) is 29.4 Å². The fraction of sp³-hybridized carbons (Fsp3) is 0.429. The molecule has 0 amide bonds. The summed E-state index contributed by atoms with van der Waals surface area (Å²) in [5.74, 6) is -1.08. The van der Waals surface area contributed by atoms with E-state index in [1.54, 1.807) is 0 Å². The van der Waals surface area contributed by atoms with Crippen LogP contribution >= 0.6 is 11.3 Å². The Morgan fingerprint density at radius 1 is 1.15 bits per heavy atom. The van der Waals surface area contributed by atoms with Crippen molar-refractivity contribution in [1.82, 2.24) is 15.5 Å². The van der Waals surface area contributed by atoms with Crippen molar-refractivity contribution in [3.63, 3.8) is 0 Å². The minimum atomic E-state index is -0.539. The van der Waals surface area contributed by atoms with Crippen LogP contribution in [-0.4, -0.2) is 22.8 Å². The molecule has 0 fully saturated rings. The Kier molecular flexibility index (Phi) is 5.14. The average molecular weight is 297 g/mol. The Balaban J connectivity index is 1.99. The van der Waals surface area contributed by atoms with Crippen molar-refractivity contribution in [2.75, 3.05) is 6.54 Å². The average Bonchev–Trinajstić information content (AvgIpc) is 2.81. The largest absolute Gasteiger partial charge is 0.314 e. The Hall–Kier alpha value is -1.40. The van der Waals surface area contributed by atoms with E-state index in [4.69, 9.17) is 0 Å². The van der Waals surface area contributed by atoms with Gasteiger partial charge in [0, 0.05) is 31.0 Å². The summed E-state index contributed by atoms with van der Waals surface area (Å²) in [4.78, 5) is 0. The second-order valence-corrected chi connectivity index (χ2v) is 5.97. The van der Waals surface area contributed by atoms with Gasteiger partial charge in [0.2, 0.25) is 0 Å². The van der Waals surface area contributed by atoms with Crippen molar-refractivity contribution in [3.05, 3.63) is 45.4 Å². The van der Waals surface area contributed by atoms with E-state index in [2.05, 4.69) is 29.4 Å². The molecule has 0 saturated heterocycles. The van der Waals surface area contributed by atoms with E-state index in [0.717, 1.165) is 18.0 Å². The highest BCUT2D eigenvalue weighted by atomic mass is 32.1. The first kappa shape index (κ1) is 15.0. The van der Waals surface area contributed by atoms with Gasteiger partial charge in [0.15, 0.2) is 0 Å². The molecule has 1 aromatic carbocycles. The third kappa shape index (κ3) is 4.05. The molecule has 20 heavy (non-hydrogen) atoms. The normalized spacial score (nSPS) is 11.2. The summed E-state index contributed by atoms with van der Waals surface area (Å²) >= 11 is 1.40. The Morgan fingerprint density at radius 2 is 1.80 bits per heavy atom. The van der Waals surface area contributed by atoms with Crippen molar-refractivity contribution < 1.29 is 8.78 Å². The quantitative estimate of drug-likeness (QED) is 0.891. The van der Waals surface area contributed by atoms with Gasteiger partial charge in [-0.05, 0) is 12.1 Å². The van der Waals surface area contributed by atoms with Crippen LogP contribution < -0.4 is 5.32 Å². The third-order valence-corrected chi connectivity index (χ3v) is 3.77. The smallest absolute Gasteiger partial charge is 0.129 e. The van der Waals surface area contributed by atoms with Gasteiger partial charge in [-0.15, -0.1) is 21.5 Å². The molecular formula is C14H17F2N3S. The number of benzene rings is 1.